The van der Waals surface area contributed by atoms with E-state index in [1.807, 2.05) is 30.3 Å². The fourth-order valence-electron chi connectivity index (χ4n) is 1.75. The smallest absolute Gasteiger partial charge is 0.212 e. The number of thioether (sulfide) groups is 1. The Balaban J connectivity index is 2.33. The molecule has 2 aromatic carbocycles. The summed E-state index contributed by atoms with van der Waals surface area (Å²) in [7, 11) is 1.72. The third-order valence-electron chi connectivity index (χ3n) is 2.59. The zero-order valence-corrected chi connectivity index (χ0v) is 12.2. The van der Waals surface area contributed by atoms with Crippen molar-refractivity contribution < 1.29 is 8.42 Å². The SMILES string of the molecule is N#Cc1ccc(SCCS(=O)(=O)Cl)c2ccccc12. The number of halogens is 1. The Morgan fingerprint density at radius 2 is 1.84 bits per heavy atom. The molecule has 0 atom stereocenters. The quantitative estimate of drug-likeness (QED) is 0.641. The van der Waals surface area contributed by atoms with Gasteiger partial charge in [-0.1, -0.05) is 24.3 Å². The minimum atomic E-state index is -3.46. The molecule has 2 rings (SSSR count). The fraction of sp³-hybridized carbons (Fsp3) is 0.154. The first-order valence-corrected chi connectivity index (χ1v) is 8.94. The molecule has 0 spiro atoms. The lowest BCUT2D eigenvalue weighted by Crippen LogP contribution is -1.99. The van der Waals surface area contributed by atoms with Gasteiger partial charge < -0.3 is 0 Å². The molecular weight excluding hydrogens is 302 g/mol. The second kappa shape index (κ2) is 5.83. The maximum absolute atomic E-state index is 10.9. The van der Waals surface area contributed by atoms with E-state index in [0.29, 0.717) is 11.3 Å². The minimum absolute atomic E-state index is 0.0758. The van der Waals surface area contributed by atoms with Gasteiger partial charge in [-0.25, -0.2) is 8.42 Å². The van der Waals surface area contributed by atoms with E-state index >= 15 is 0 Å². The van der Waals surface area contributed by atoms with Gasteiger partial charge in [0.05, 0.1) is 17.4 Å². The Labute approximate surface area is 120 Å². The van der Waals surface area contributed by atoms with Crippen molar-refractivity contribution in [3.8, 4) is 6.07 Å². The van der Waals surface area contributed by atoms with Crippen LogP contribution in [-0.2, 0) is 9.05 Å². The molecule has 0 radical (unpaired) electrons. The second-order valence-electron chi connectivity index (χ2n) is 3.86. The van der Waals surface area contributed by atoms with Crippen LogP contribution >= 0.6 is 22.4 Å². The van der Waals surface area contributed by atoms with Crippen molar-refractivity contribution in [1.82, 2.24) is 0 Å². The monoisotopic (exact) mass is 311 g/mol. The molecule has 0 heterocycles. The first kappa shape index (κ1) is 14.2. The van der Waals surface area contributed by atoms with Crippen molar-refractivity contribution >= 4 is 42.3 Å². The first-order chi connectivity index (χ1) is 9.01. The summed E-state index contributed by atoms with van der Waals surface area (Å²) < 4.78 is 21.8. The molecule has 0 saturated heterocycles. The standard InChI is InChI=1S/C13H10ClNO2S2/c14-19(16,17)8-7-18-13-6-5-10(9-15)11-3-1-2-4-12(11)13/h1-6H,7-8H2. The third-order valence-corrected chi connectivity index (χ3v) is 5.08. The van der Waals surface area contributed by atoms with E-state index in [0.717, 1.165) is 15.7 Å². The van der Waals surface area contributed by atoms with Gasteiger partial charge in [-0.05, 0) is 17.5 Å². The van der Waals surface area contributed by atoms with E-state index < -0.39 is 9.05 Å². The van der Waals surface area contributed by atoms with Gasteiger partial charge in [-0.15, -0.1) is 11.8 Å². The summed E-state index contributed by atoms with van der Waals surface area (Å²) in [4.78, 5) is 0.954. The molecule has 0 aromatic heterocycles. The Morgan fingerprint density at radius 1 is 1.16 bits per heavy atom. The van der Waals surface area contributed by atoms with E-state index in [2.05, 4.69) is 6.07 Å². The van der Waals surface area contributed by atoms with Gasteiger partial charge in [0.2, 0.25) is 9.05 Å². The zero-order chi connectivity index (χ0) is 13.9. The van der Waals surface area contributed by atoms with Gasteiger partial charge >= 0.3 is 0 Å². The highest BCUT2D eigenvalue weighted by molar-refractivity contribution is 8.14. The molecule has 6 heteroatoms. The van der Waals surface area contributed by atoms with Crippen molar-refractivity contribution in [3.05, 3.63) is 42.0 Å². The van der Waals surface area contributed by atoms with E-state index in [1.54, 1.807) is 6.07 Å². The Kier molecular flexibility index (Phi) is 4.35. The average Bonchev–Trinajstić information content (AvgIpc) is 2.37. The molecule has 0 unspecified atom stereocenters. The molecule has 0 amide bonds. The molecule has 0 N–H and O–H groups in total. The van der Waals surface area contributed by atoms with Crippen molar-refractivity contribution in [2.45, 2.75) is 4.90 Å². The number of nitrogens with zero attached hydrogens (tertiary/aromatic N) is 1. The highest BCUT2D eigenvalue weighted by atomic mass is 35.7. The Morgan fingerprint density at radius 3 is 2.47 bits per heavy atom. The molecule has 3 nitrogen and oxygen atoms in total. The number of hydrogen-bond donors (Lipinski definition) is 0. The van der Waals surface area contributed by atoms with Crippen LogP contribution in [0.1, 0.15) is 5.56 Å². The van der Waals surface area contributed by atoms with Crippen LogP contribution in [0.4, 0.5) is 0 Å². The van der Waals surface area contributed by atoms with Gasteiger partial charge in [0.25, 0.3) is 0 Å². The summed E-state index contributed by atoms with van der Waals surface area (Å²) in [6, 6.07) is 13.3. The molecule has 2 aromatic rings. The number of benzene rings is 2. The summed E-state index contributed by atoms with van der Waals surface area (Å²) in [5, 5.41) is 10.9. The van der Waals surface area contributed by atoms with Crippen LogP contribution in [0.3, 0.4) is 0 Å². The van der Waals surface area contributed by atoms with E-state index in [4.69, 9.17) is 15.9 Å². The molecule has 0 aliphatic heterocycles. The lowest BCUT2D eigenvalue weighted by molar-refractivity contribution is 0.611. The van der Waals surface area contributed by atoms with Crippen molar-refractivity contribution in [2.24, 2.45) is 0 Å². The van der Waals surface area contributed by atoms with Crippen LogP contribution in [0.15, 0.2) is 41.3 Å². The highest BCUT2D eigenvalue weighted by Crippen LogP contribution is 2.30. The van der Waals surface area contributed by atoms with Crippen molar-refractivity contribution in [2.75, 3.05) is 11.5 Å². The van der Waals surface area contributed by atoms with Gasteiger partial charge in [0.1, 0.15) is 0 Å². The van der Waals surface area contributed by atoms with Crippen LogP contribution in [0.2, 0.25) is 0 Å². The molecule has 98 valence electrons. The van der Waals surface area contributed by atoms with Crippen LogP contribution in [0, 0.1) is 11.3 Å². The van der Waals surface area contributed by atoms with Crippen LogP contribution < -0.4 is 0 Å². The third kappa shape index (κ3) is 3.63. The molecule has 0 saturated carbocycles. The lowest BCUT2D eigenvalue weighted by Gasteiger charge is -2.07. The highest BCUT2D eigenvalue weighted by Gasteiger charge is 2.08. The lowest BCUT2D eigenvalue weighted by atomic mass is 10.1. The number of rotatable bonds is 4. The largest absolute Gasteiger partial charge is 0.233 e. The molecule has 0 aliphatic rings. The van der Waals surface area contributed by atoms with Crippen molar-refractivity contribution in [3.63, 3.8) is 0 Å². The van der Waals surface area contributed by atoms with Gasteiger partial charge in [0, 0.05) is 26.7 Å². The molecule has 0 fully saturated rings. The number of nitriles is 1. The van der Waals surface area contributed by atoms with E-state index in [-0.39, 0.29) is 5.75 Å². The Bertz CT molecular complexity index is 751. The predicted octanol–water partition coefficient (Wildman–Crippen LogP) is 3.37. The van der Waals surface area contributed by atoms with E-state index in [9.17, 15) is 8.42 Å². The number of hydrogen-bond acceptors (Lipinski definition) is 4. The van der Waals surface area contributed by atoms with Gasteiger partial charge in [-0.2, -0.15) is 5.26 Å². The number of fused-ring (bicyclic) bond motifs is 1. The minimum Gasteiger partial charge on any atom is -0.212 e. The summed E-state index contributed by atoms with van der Waals surface area (Å²) in [5.74, 6) is 0.315. The van der Waals surface area contributed by atoms with Crippen molar-refractivity contribution in [1.29, 1.82) is 5.26 Å². The molecule has 19 heavy (non-hydrogen) atoms. The summed E-state index contributed by atoms with van der Waals surface area (Å²) in [6.45, 7) is 0. The van der Waals surface area contributed by atoms with Crippen LogP contribution in [0.5, 0.6) is 0 Å². The maximum atomic E-state index is 10.9. The first-order valence-electron chi connectivity index (χ1n) is 5.48. The predicted molar refractivity (Wildman–Crippen MR) is 79.0 cm³/mol. The van der Waals surface area contributed by atoms with Gasteiger partial charge in [0.15, 0.2) is 0 Å². The molecule has 0 aliphatic carbocycles. The van der Waals surface area contributed by atoms with Crippen LogP contribution in [-0.4, -0.2) is 19.9 Å². The normalized spacial score (nSPS) is 11.4. The second-order valence-corrected chi connectivity index (χ2v) is 7.89. The van der Waals surface area contributed by atoms with Crippen LogP contribution in [0.25, 0.3) is 10.8 Å². The molecular formula is C13H10ClNO2S2. The summed E-state index contributed by atoms with van der Waals surface area (Å²) in [6.07, 6.45) is 0. The van der Waals surface area contributed by atoms with Gasteiger partial charge in [-0.3, -0.25) is 0 Å². The summed E-state index contributed by atoms with van der Waals surface area (Å²) >= 11 is 1.42. The molecule has 0 bridgehead atoms. The van der Waals surface area contributed by atoms with E-state index in [1.165, 1.54) is 11.8 Å². The average molecular weight is 312 g/mol. The zero-order valence-electron chi connectivity index (χ0n) is 9.84. The fourth-order valence-corrected chi connectivity index (χ4v) is 4.16. The maximum Gasteiger partial charge on any atom is 0.233 e. The topological polar surface area (TPSA) is 57.9 Å². The summed E-state index contributed by atoms with van der Waals surface area (Å²) in [5.41, 5.74) is 0.616. The Hall–Kier alpha value is -1.22.